The minimum absolute atomic E-state index is 0.00860. The number of carboxylic acids is 1. The zero-order valence-corrected chi connectivity index (χ0v) is 14.3. The summed E-state index contributed by atoms with van der Waals surface area (Å²) in [5.41, 5.74) is 4.76. The van der Waals surface area contributed by atoms with E-state index in [1.807, 2.05) is 19.1 Å². The van der Waals surface area contributed by atoms with Crippen LogP contribution in [0, 0.1) is 13.8 Å². The fourth-order valence-electron chi connectivity index (χ4n) is 2.71. The van der Waals surface area contributed by atoms with Gasteiger partial charge in [-0.3, -0.25) is 4.79 Å². The van der Waals surface area contributed by atoms with Crippen LogP contribution in [0.3, 0.4) is 0 Å². The fraction of sp³-hybridized carbons (Fsp3) is 0.300. The molecule has 4 nitrogen and oxygen atoms in total. The van der Waals surface area contributed by atoms with Crippen LogP contribution in [0.4, 0.5) is 0 Å². The van der Waals surface area contributed by atoms with Crippen molar-refractivity contribution in [2.45, 2.75) is 39.7 Å². The van der Waals surface area contributed by atoms with Crippen LogP contribution >= 0.6 is 0 Å². The predicted molar refractivity (Wildman–Crippen MR) is 94.2 cm³/mol. The van der Waals surface area contributed by atoms with E-state index in [0.29, 0.717) is 12.8 Å². The van der Waals surface area contributed by atoms with Crippen molar-refractivity contribution in [2.24, 2.45) is 0 Å². The lowest BCUT2D eigenvalue weighted by Crippen LogP contribution is -2.27. The Labute approximate surface area is 142 Å². The Bertz CT molecular complexity index is 735. The number of carbonyl (C=O) groups excluding carboxylic acids is 1. The average Bonchev–Trinajstić information content (AvgIpc) is 2.55. The fourth-order valence-corrected chi connectivity index (χ4v) is 2.71. The molecular weight excluding hydrogens is 302 g/mol. The molecule has 2 aromatic rings. The van der Waals surface area contributed by atoms with E-state index in [0.717, 1.165) is 11.1 Å². The molecule has 0 radical (unpaired) electrons. The van der Waals surface area contributed by atoms with E-state index >= 15 is 0 Å². The summed E-state index contributed by atoms with van der Waals surface area (Å²) in [5, 5.41) is 11.9. The highest BCUT2D eigenvalue weighted by atomic mass is 16.4. The number of nitrogens with one attached hydrogen (secondary N) is 1. The number of carbonyl (C=O) groups is 2. The van der Waals surface area contributed by atoms with Crippen molar-refractivity contribution in [3.05, 3.63) is 70.3 Å². The first-order valence-corrected chi connectivity index (χ1v) is 8.06. The molecule has 0 aliphatic rings. The Morgan fingerprint density at radius 3 is 2.38 bits per heavy atom. The molecule has 2 rings (SSSR count). The lowest BCUT2D eigenvalue weighted by molar-refractivity contribution is -0.121. The van der Waals surface area contributed by atoms with Crippen LogP contribution in [0.2, 0.25) is 0 Å². The molecule has 2 N–H and O–H groups in total. The lowest BCUT2D eigenvalue weighted by atomic mass is 9.98. The molecule has 0 heterocycles. The van der Waals surface area contributed by atoms with Crippen LogP contribution < -0.4 is 5.32 Å². The zero-order valence-electron chi connectivity index (χ0n) is 14.3. The topological polar surface area (TPSA) is 66.4 Å². The molecule has 0 spiro atoms. The second-order valence-corrected chi connectivity index (χ2v) is 6.08. The van der Waals surface area contributed by atoms with E-state index < -0.39 is 5.97 Å². The molecule has 1 amide bonds. The maximum Gasteiger partial charge on any atom is 0.335 e. The summed E-state index contributed by atoms with van der Waals surface area (Å²) < 4.78 is 0. The monoisotopic (exact) mass is 325 g/mol. The van der Waals surface area contributed by atoms with Gasteiger partial charge >= 0.3 is 5.97 Å². The molecular formula is C20H23NO3. The first-order valence-electron chi connectivity index (χ1n) is 8.06. The maximum absolute atomic E-state index is 12.2. The predicted octanol–water partition coefficient (Wildman–Crippen LogP) is 3.81. The highest BCUT2D eigenvalue weighted by Crippen LogP contribution is 2.20. The normalized spacial score (nSPS) is 11.8. The number of benzene rings is 2. The number of carboxylic acid groups (broad SMARTS) is 1. The van der Waals surface area contributed by atoms with Gasteiger partial charge in [0.25, 0.3) is 0 Å². The van der Waals surface area contributed by atoms with E-state index in [4.69, 9.17) is 5.11 Å². The standard InChI is InChI=1S/C20H23NO3/c1-13-5-4-6-18(14(13)2)15(3)21-19(22)12-9-16-7-10-17(11-8-16)20(23)24/h4-8,10-11,15H,9,12H2,1-3H3,(H,21,22)(H,23,24). The Hall–Kier alpha value is -2.62. The van der Waals surface area contributed by atoms with Gasteiger partial charge in [0.15, 0.2) is 0 Å². The van der Waals surface area contributed by atoms with E-state index in [2.05, 4.69) is 25.2 Å². The second-order valence-electron chi connectivity index (χ2n) is 6.08. The summed E-state index contributed by atoms with van der Waals surface area (Å²) in [7, 11) is 0. The summed E-state index contributed by atoms with van der Waals surface area (Å²) in [4.78, 5) is 23.0. The second kappa shape index (κ2) is 7.77. The Kier molecular flexibility index (Phi) is 5.74. The molecule has 0 saturated carbocycles. The quantitative estimate of drug-likeness (QED) is 0.848. The van der Waals surface area contributed by atoms with Gasteiger partial charge in [-0.05, 0) is 61.6 Å². The van der Waals surface area contributed by atoms with Crippen molar-refractivity contribution in [1.29, 1.82) is 0 Å². The molecule has 126 valence electrons. The number of amides is 1. The third kappa shape index (κ3) is 4.44. The number of rotatable bonds is 6. The molecule has 1 unspecified atom stereocenters. The first kappa shape index (κ1) is 17.7. The molecule has 0 aliphatic carbocycles. The molecule has 2 aromatic carbocycles. The van der Waals surface area contributed by atoms with Crippen molar-refractivity contribution in [3.63, 3.8) is 0 Å². The minimum atomic E-state index is -0.943. The van der Waals surface area contributed by atoms with Gasteiger partial charge in [0.2, 0.25) is 5.91 Å². The Morgan fingerprint density at radius 1 is 1.08 bits per heavy atom. The largest absolute Gasteiger partial charge is 0.478 e. The van der Waals surface area contributed by atoms with Gasteiger partial charge in [-0.1, -0.05) is 30.3 Å². The molecule has 0 saturated heterocycles. The van der Waals surface area contributed by atoms with Crippen LogP contribution in [-0.2, 0) is 11.2 Å². The molecule has 0 bridgehead atoms. The number of aromatic carboxylic acids is 1. The first-order chi connectivity index (χ1) is 11.4. The molecule has 0 aromatic heterocycles. The molecule has 24 heavy (non-hydrogen) atoms. The molecule has 0 fully saturated rings. The van der Waals surface area contributed by atoms with E-state index in [1.54, 1.807) is 24.3 Å². The van der Waals surface area contributed by atoms with Gasteiger partial charge in [0.05, 0.1) is 11.6 Å². The Morgan fingerprint density at radius 2 is 1.75 bits per heavy atom. The third-order valence-electron chi connectivity index (χ3n) is 4.33. The summed E-state index contributed by atoms with van der Waals surface area (Å²) in [6, 6.07) is 12.7. The number of hydrogen-bond donors (Lipinski definition) is 2. The van der Waals surface area contributed by atoms with Crippen molar-refractivity contribution in [1.82, 2.24) is 5.32 Å². The summed E-state index contributed by atoms with van der Waals surface area (Å²) >= 11 is 0. The van der Waals surface area contributed by atoms with Gasteiger partial charge in [-0.2, -0.15) is 0 Å². The van der Waals surface area contributed by atoms with Crippen molar-refractivity contribution in [2.75, 3.05) is 0 Å². The van der Waals surface area contributed by atoms with Gasteiger partial charge in [0.1, 0.15) is 0 Å². The molecule has 4 heteroatoms. The van der Waals surface area contributed by atoms with E-state index in [9.17, 15) is 9.59 Å². The van der Waals surface area contributed by atoms with Gasteiger partial charge in [0, 0.05) is 6.42 Å². The smallest absolute Gasteiger partial charge is 0.335 e. The molecule has 1 atom stereocenters. The highest BCUT2D eigenvalue weighted by molar-refractivity contribution is 5.87. The zero-order chi connectivity index (χ0) is 17.7. The Balaban J connectivity index is 1.91. The lowest BCUT2D eigenvalue weighted by Gasteiger charge is -2.18. The van der Waals surface area contributed by atoms with E-state index in [1.165, 1.54) is 11.1 Å². The van der Waals surface area contributed by atoms with Crippen molar-refractivity contribution < 1.29 is 14.7 Å². The molecule has 0 aliphatic heterocycles. The minimum Gasteiger partial charge on any atom is -0.478 e. The van der Waals surface area contributed by atoms with Crippen LogP contribution in [0.5, 0.6) is 0 Å². The van der Waals surface area contributed by atoms with Crippen molar-refractivity contribution >= 4 is 11.9 Å². The number of aryl methyl sites for hydroxylation is 2. The summed E-state index contributed by atoms with van der Waals surface area (Å²) in [6.07, 6.45) is 0.965. The average molecular weight is 325 g/mol. The number of hydrogen-bond acceptors (Lipinski definition) is 2. The highest BCUT2D eigenvalue weighted by Gasteiger charge is 2.12. The van der Waals surface area contributed by atoms with Crippen LogP contribution in [0.1, 0.15) is 52.0 Å². The van der Waals surface area contributed by atoms with Gasteiger partial charge < -0.3 is 10.4 Å². The summed E-state index contributed by atoms with van der Waals surface area (Å²) in [6.45, 7) is 6.12. The maximum atomic E-state index is 12.2. The van der Waals surface area contributed by atoms with Crippen LogP contribution in [0.15, 0.2) is 42.5 Å². The van der Waals surface area contributed by atoms with Gasteiger partial charge in [-0.25, -0.2) is 4.79 Å². The summed E-state index contributed by atoms with van der Waals surface area (Å²) in [5.74, 6) is -0.952. The third-order valence-corrected chi connectivity index (χ3v) is 4.33. The van der Waals surface area contributed by atoms with Crippen LogP contribution in [-0.4, -0.2) is 17.0 Å². The SMILES string of the molecule is Cc1cccc(C(C)NC(=O)CCc2ccc(C(=O)O)cc2)c1C. The van der Waals surface area contributed by atoms with Gasteiger partial charge in [-0.15, -0.1) is 0 Å². The van der Waals surface area contributed by atoms with Crippen molar-refractivity contribution in [3.8, 4) is 0 Å². The van der Waals surface area contributed by atoms with Crippen LogP contribution in [0.25, 0.3) is 0 Å². The van der Waals surface area contributed by atoms with E-state index in [-0.39, 0.29) is 17.5 Å².